The van der Waals surface area contributed by atoms with Gasteiger partial charge < -0.3 is 13.9 Å². The summed E-state index contributed by atoms with van der Waals surface area (Å²) in [5, 5.41) is -0.706. The number of ketones is 1. The molecule has 7 nitrogen and oxygen atoms in total. The Hall–Kier alpha value is -1.89. The van der Waals surface area contributed by atoms with Gasteiger partial charge in [0.05, 0.1) is 10.6 Å². The first-order valence-corrected chi connectivity index (χ1v) is 16.3. The van der Waals surface area contributed by atoms with E-state index in [2.05, 4.69) is 4.74 Å². The normalized spacial score (nSPS) is 17.7. The summed E-state index contributed by atoms with van der Waals surface area (Å²) < 4.78 is 79.6. The van der Waals surface area contributed by atoms with Crippen molar-refractivity contribution in [2.24, 2.45) is 0 Å². The largest absolute Gasteiger partial charge is 0.451 e. The SMILES string of the molecule is CC[Si](CC)(CC)OC1CCC(OC(=O)c2cc(C)c(S(C)(=O)=O)c(OC(F)C(F)F)c2Cl)=CC1=O. The summed E-state index contributed by atoms with van der Waals surface area (Å²) in [6.45, 7) is 7.39. The second kappa shape index (κ2) is 12.1. The third kappa shape index (κ3) is 6.90. The molecule has 0 aliphatic heterocycles. The molecule has 0 heterocycles. The Kier molecular flexibility index (Phi) is 10.2. The summed E-state index contributed by atoms with van der Waals surface area (Å²) in [7, 11) is -6.14. The van der Waals surface area contributed by atoms with Gasteiger partial charge in [-0.05, 0) is 43.1 Å². The molecule has 0 radical (unpaired) electrons. The molecule has 0 amide bonds. The molecule has 0 saturated heterocycles. The summed E-state index contributed by atoms with van der Waals surface area (Å²) in [5.74, 6) is -2.30. The van der Waals surface area contributed by atoms with Gasteiger partial charge in [-0.2, -0.15) is 4.39 Å². The van der Waals surface area contributed by atoms with E-state index in [1.54, 1.807) is 0 Å². The molecule has 0 N–H and O–H groups in total. The maximum atomic E-state index is 13.7. The number of halogens is 4. The standard InChI is InChI=1S/C23H30ClF3O7SSi/c1-6-36(7-2,8-3)34-17-10-9-14(12-16(17)28)32-23(29)15-11-13(4)20(35(5,30)31)19(18(15)24)33-22(27)21(25)26/h11-12,17,21-22H,6-10H2,1-5H3. The second-order valence-corrected chi connectivity index (χ2v) is 15.6. The highest BCUT2D eigenvalue weighted by Gasteiger charge is 2.36. The number of hydrogen-bond donors (Lipinski definition) is 0. The Balaban J connectivity index is 2.35. The van der Waals surface area contributed by atoms with Crippen LogP contribution in [0.1, 0.15) is 49.5 Å². The fourth-order valence-electron chi connectivity index (χ4n) is 4.04. The van der Waals surface area contributed by atoms with Gasteiger partial charge in [-0.15, -0.1) is 0 Å². The molecule has 0 saturated carbocycles. The van der Waals surface area contributed by atoms with Crippen LogP contribution in [0.2, 0.25) is 23.2 Å². The summed E-state index contributed by atoms with van der Waals surface area (Å²) in [6, 6.07) is 3.68. The van der Waals surface area contributed by atoms with Gasteiger partial charge in [0, 0.05) is 18.8 Å². The number of carbonyl (C=O) groups is 2. The van der Waals surface area contributed by atoms with Crippen LogP contribution in [0.4, 0.5) is 13.2 Å². The smallest absolute Gasteiger partial charge is 0.344 e. The molecule has 36 heavy (non-hydrogen) atoms. The van der Waals surface area contributed by atoms with Crippen LogP contribution in [0.15, 0.2) is 22.8 Å². The van der Waals surface area contributed by atoms with Gasteiger partial charge in [0.1, 0.15) is 16.8 Å². The number of sulfone groups is 1. The molecule has 1 aromatic carbocycles. The molecule has 0 aromatic heterocycles. The number of ether oxygens (including phenoxy) is 2. The van der Waals surface area contributed by atoms with Crippen LogP contribution in [0.25, 0.3) is 0 Å². The Morgan fingerprint density at radius 1 is 1.19 bits per heavy atom. The van der Waals surface area contributed by atoms with E-state index in [1.807, 2.05) is 20.8 Å². The van der Waals surface area contributed by atoms with E-state index in [4.69, 9.17) is 20.8 Å². The molecule has 2 rings (SSSR count). The van der Waals surface area contributed by atoms with Crippen molar-refractivity contribution >= 4 is 41.5 Å². The highest BCUT2D eigenvalue weighted by molar-refractivity contribution is 7.90. The quantitative estimate of drug-likeness (QED) is 0.245. The number of alkyl halides is 3. The van der Waals surface area contributed by atoms with Gasteiger partial charge in [0.2, 0.25) is 0 Å². The zero-order valence-corrected chi connectivity index (χ0v) is 23.3. The highest BCUT2D eigenvalue weighted by atomic mass is 35.5. The highest BCUT2D eigenvalue weighted by Crippen LogP contribution is 2.40. The van der Waals surface area contributed by atoms with Crippen LogP contribution < -0.4 is 4.74 Å². The minimum Gasteiger partial charge on any atom is -0.451 e. The predicted molar refractivity (Wildman–Crippen MR) is 131 cm³/mol. The van der Waals surface area contributed by atoms with Crippen LogP contribution in [0, 0.1) is 6.92 Å². The van der Waals surface area contributed by atoms with Gasteiger partial charge in [-0.3, -0.25) is 4.79 Å². The monoisotopic (exact) mass is 570 g/mol. The predicted octanol–water partition coefficient (Wildman–Crippen LogP) is 5.79. The van der Waals surface area contributed by atoms with Crippen LogP contribution in [-0.2, 0) is 23.8 Å². The van der Waals surface area contributed by atoms with E-state index in [1.165, 1.54) is 13.0 Å². The molecule has 202 valence electrons. The van der Waals surface area contributed by atoms with E-state index in [9.17, 15) is 31.2 Å². The van der Waals surface area contributed by atoms with Crippen LogP contribution >= 0.6 is 11.6 Å². The van der Waals surface area contributed by atoms with Gasteiger partial charge in [0.25, 0.3) is 6.36 Å². The third-order valence-electron chi connectivity index (χ3n) is 6.20. The van der Waals surface area contributed by atoms with Gasteiger partial charge in [-0.1, -0.05) is 32.4 Å². The van der Waals surface area contributed by atoms with Gasteiger partial charge in [-0.25, -0.2) is 22.0 Å². The van der Waals surface area contributed by atoms with Gasteiger partial charge >= 0.3 is 12.4 Å². The lowest BCUT2D eigenvalue weighted by Crippen LogP contribution is -2.43. The van der Waals surface area contributed by atoms with Crippen molar-refractivity contribution < 1.29 is 45.1 Å². The van der Waals surface area contributed by atoms with E-state index in [-0.39, 0.29) is 23.5 Å². The first-order chi connectivity index (χ1) is 16.7. The molecular formula is C23H30ClF3O7SSi. The van der Waals surface area contributed by atoms with E-state index in [0.29, 0.717) is 6.42 Å². The molecular weight excluding hydrogens is 541 g/mol. The third-order valence-corrected chi connectivity index (χ3v) is 12.5. The summed E-state index contributed by atoms with van der Waals surface area (Å²) >= 11 is 6.12. The minimum atomic E-state index is -4.10. The Labute approximate surface area is 215 Å². The Morgan fingerprint density at radius 2 is 1.78 bits per heavy atom. The number of aryl methyl sites for hydroxylation is 1. The molecule has 1 aliphatic carbocycles. The number of esters is 1. The van der Waals surface area contributed by atoms with Crippen molar-refractivity contribution in [2.75, 3.05) is 6.26 Å². The summed E-state index contributed by atoms with van der Waals surface area (Å²) in [6.07, 6.45) is -4.96. The van der Waals surface area contributed by atoms with Crippen LogP contribution in [-0.4, -0.2) is 53.6 Å². The van der Waals surface area contributed by atoms with E-state index < -0.39 is 64.2 Å². The Bertz CT molecular complexity index is 1130. The lowest BCUT2D eigenvalue weighted by molar-refractivity contribution is -0.122. The Morgan fingerprint density at radius 3 is 2.25 bits per heavy atom. The zero-order valence-electron chi connectivity index (χ0n) is 20.7. The van der Waals surface area contributed by atoms with Crippen molar-refractivity contribution in [2.45, 2.75) is 82.5 Å². The first-order valence-electron chi connectivity index (χ1n) is 11.5. The molecule has 13 heteroatoms. The number of benzene rings is 1. The molecule has 0 fully saturated rings. The molecule has 1 aliphatic rings. The van der Waals surface area contributed by atoms with Crippen molar-refractivity contribution in [3.63, 3.8) is 0 Å². The lowest BCUT2D eigenvalue weighted by atomic mass is 10.0. The molecule has 2 unspecified atom stereocenters. The lowest BCUT2D eigenvalue weighted by Gasteiger charge is -2.33. The molecule has 1 aromatic rings. The number of allylic oxidation sites excluding steroid dienone is 1. The van der Waals surface area contributed by atoms with Crippen molar-refractivity contribution in [1.82, 2.24) is 0 Å². The first kappa shape index (κ1) is 30.3. The van der Waals surface area contributed by atoms with Gasteiger partial charge in [0.15, 0.2) is 29.7 Å². The minimum absolute atomic E-state index is 0.0425. The summed E-state index contributed by atoms with van der Waals surface area (Å²) in [4.78, 5) is 24.9. The van der Waals surface area contributed by atoms with Crippen LogP contribution in [0.3, 0.4) is 0 Å². The van der Waals surface area contributed by atoms with E-state index in [0.717, 1.165) is 30.5 Å². The van der Waals surface area contributed by atoms with Crippen molar-refractivity contribution in [3.8, 4) is 5.75 Å². The number of rotatable bonds is 11. The molecule has 2 atom stereocenters. The number of hydrogen-bond acceptors (Lipinski definition) is 7. The maximum Gasteiger partial charge on any atom is 0.344 e. The summed E-state index contributed by atoms with van der Waals surface area (Å²) in [5.41, 5.74) is -0.522. The van der Waals surface area contributed by atoms with Crippen molar-refractivity contribution in [3.05, 3.63) is 34.1 Å². The fraction of sp³-hybridized carbons (Fsp3) is 0.565. The molecule has 0 bridgehead atoms. The topological polar surface area (TPSA) is 96.0 Å². The van der Waals surface area contributed by atoms with E-state index >= 15 is 0 Å². The average molecular weight is 571 g/mol. The maximum absolute atomic E-state index is 13.7. The number of carbonyl (C=O) groups excluding carboxylic acids is 2. The van der Waals surface area contributed by atoms with Crippen molar-refractivity contribution in [1.29, 1.82) is 0 Å². The molecule has 0 spiro atoms. The second-order valence-electron chi connectivity index (χ2n) is 8.58. The van der Waals surface area contributed by atoms with Crippen LogP contribution in [0.5, 0.6) is 5.75 Å². The average Bonchev–Trinajstić information content (AvgIpc) is 2.80. The fourth-order valence-corrected chi connectivity index (χ4v) is 8.33. The zero-order chi connectivity index (χ0) is 27.4.